The number of aromatic nitrogens is 5. The molecule has 4 rings (SSSR count). The second-order valence-electron chi connectivity index (χ2n) is 7.68. The molecule has 0 aliphatic heterocycles. The van der Waals surface area contributed by atoms with Gasteiger partial charge in [0.25, 0.3) is 5.56 Å². The molecule has 0 bridgehead atoms. The standard InChI is InChI=1S/C24H21N7O4/c1-3-30-23(33)21(28-31(24(30)34)18-9-7-15(2)8-10-18)22-27-20(35-29-22)12-11-19(32)26-17-6-4-5-16(13-17)14-25/h4-10,13H,3,11-12H2,1-2H3,(H,26,32). The molecular weight excluding hydrogens is 450 g/mol. The van der Waals surface area contributed by atoms with E-state index in [9.17, 15) is 14.4 Å². The third-order valence-corrected chi connectivity index (χ3v) is 5.18. The summed E-state index contributed by atoms with van der Waals surface area (Å²) in [6, 6.07) is 15.7. The Bertz CT molecular complexity index is 1540. The van der Waals surface area contributed by atoms with E-state index in [1.165, 1.54) is 0 Å². The zero-order chi connectivity index (χ0) is 24.9. The van der Waals surface area contributed by atoms with Gasteiger partial charge < -0.3 is 9.84 Å². The van der Waals surface area contributed by atoms with Crippen molar-refractivity contribution in [2.75, 3.05) is 5.32 Å². The smallest absolute Gasteiger partial charge is 0.339 e. The molecule has 0 saturated heterocycles. The summed E-state index contributed by atoms with van der Waals surface area (Å²) < 4.78 is 7.38. The normalized spacial score (nSPS) is 10.7. The third kappa shape index (κ3) is 5.06. The van der Waals surface area contributed by atoms with Crippen molar-refractivity contribution in [3.05, 3.63) is 86.4 Å². The van der Waals surface area contributed by atoms with Crippen molar-refractivity contribution in [1.82, 2.24) is 24.5 Å². The second-order valence-corrected chi connectivity index (χ2v) is 7.68. The maximum Gasteiger partial charge on any atom is 0.352 e. The van der Waals surface area contributed by atoms with Gasteiger partial charge in [0.2, 0.25) is 17.6 Å². The summed E-state index contributed by atoms with van der Waals surface area (Å²) in [5, 5.41) is 19.7. The molecule has 0 spiro atoms. The highest BCUT2D eigenvalue weighted by atomic mass is 16.5. The number of nitrogens with zero attached hydrogens (tertiary/aromatic N) is 6. The van der Waals surface area contributed by atoms with E-state index in [0.29, 0.717) is 16.9 Å². The fourth-order valence-corrected chi connectivity index (χ4v) is 3.35. The van der Waals surface area contributed by atoms with E-state index in [1.807, 2.05) is 25.1 Å². The Hall–Kier alpha value is -4.85. The average Bonchev–Trinajstić information content (AvgIpc) is 3.33. The summed E-state index contributed by atoms with van der Waals surface area (Å²) in [6.45, 7) is 3.73. The molecule has 176 valence electrons. The quantitative estimate of drug-likeness (QED) is 0.431. The van der Waals surface area contributed by atoms with Crippen molar-refractivity contribution in [2.45, 2.75) is 33.2 Å². The Morgan fingerprint density at radius 3 is 2.66 bits per heavy atom. The van der Waals surface area contributed by atoms with E-state index >= 15 is 0 Å². The predicted molar refractivity (Wildman–Crippen MR) is 126 cm³/mol. The lowest BCUT2D eigenvalue weighted by Gasteiger charge is -2.09. The van der Waals surface area contributed by atoms with Crippen LogP contribution in [-0.2, 0) is 17.8 Å². The van der Waals surface area contributed by atoms with Gasteiger partial charge in [-0.25, -0.2) is 4.79 Å². The summed E-state index contributed by atoms with van der Waals surface area (Å²) >= 11 is 0. The van der Waals surface area contributed by atoms with Crippen LogP contribution in [0.2, 0.25) is 0 Å². The van der Waals surface area contributed by atoms with Gasteiger partial charge in [0, 0.05) is 25.1 Å². The highest BCUT2D eigenvalue weighted by Crippen LogP contribution is 2.13. The van der Waals surface area contributed by atoms with E-state index in [1.54, 1.807) is 43.3 Å². The van der Waals surface area contributed by atoms with Gasteiger partial charge in [-0.1, -0.05) is 28.9 Å². The number of amides is 1. The van der Waals surface area contributed by atoms with Crippen LogP contribution in [0.15, 0.2) is 62.6 Å². The van der Waals surface area contributed by atoms with Crippen LogP contribution in [-0.4, -0.2) is 30.4 Å². The molecule has 0 unspecified atom stereocenters. The predicted octanol–water partition coefficient (Wildman–Crippen LogP) is 2.22. The van der Waals surface area contributed by atoms with Crippen molar-refractivity contribution in [2.24, 2.45) is 0 Å². The van der Waals surface area contributed by atoms with Gasteiger partial charge in [-0.15, -0.1) is 0 Å². The molecule has 0 atom stereocenters. The number of aryl methyl sites for hydroxylation is 2. The van der Waals surface area contributed by atoms with Crippen LogP contribution >= 0.6 is 0 Å². The molecule has 11 nitrogen and oxygen atoms in total. The topological polar surface area (TPSA) is 149 Å². The number of nitrogens with one attached hydrogen (secondary N) is 1. The molecule has 4 aromatic rings. The SMILES string of the molecule is CCn1c(=O)c(-c2noc(CCC(=O)Nc3cccc(C#N)c3)n2)nn(-c2ccc(C)cc2)c1=O. The first-order chi connectivity index (χ1) is 16.9. The first kappa shape index (κ1) is 23.3. The van der Waals surface area contributed by atoms with Gasteiger partial charge in [0.15, 0.2) is 5.69 Å². The number of benzene rings is 2. The summed E-state index contributed by atoms with van der Waals surface area (Å²) in [5.74, 6) is -0.243. The highest BCUT2D eigenvalue weighted by molar-refractivity contribution is 5.90. The van der Waals surface area contributed by atoms with E-state index in [0.717, 1.165) is 14.8 Å². The average molecular weight is 471 g/mol. The summed E-state index contributed by atoms with van der Waals surface area (Å²) in [4.78, 5) is 42.2. The largest absolute Gasteiger partial charge is 0.352 e. The van der Waals surface area contributed by atoms with Crippen LogP contribution in [0, 0.1) is 18.3 Å². The first-order valence-electron chi connectivity index (χ1n) is 10.8. The summed E-state index contributed by atoms with van der Waals surface area (Å²) in [6.07, 6.45) is 0.157. The zero-order valence-electron chi connectivity index (χ0n) is 19.1. The van der Waals surface area contributed by atoms with Gasteiger partial charge >= 0.3 is 5.69 Å². The van der Waals surface area contributed by atoms with Crippen molar-refractivity contribution in [3.63, 3.8) is 0 Å². The molecule has 2 heterocycles. The molecule has 1 N–H and O–H groups in total. The number of hydrogen-bond acceptors (Lipinski definition) is 8. The Labute approximate surface area is 199 Å². The Morgan fingerprint density at radius 2 is 1.94 bits per heavy atom. The second kappa shape index (κ2) is 9.96. The third-order valence-electron chi connectivity index (χ3n) is 5.18. The molecule has 0 fully saturated rings. The van der Waals surface area contributed by atoms with Gasteiger partial charge in [-0.05, 0) is 44.2 Å². The number of carbonyl (C=O) groups excluding carboxylic acids is 1. The van der Waals surface area contributed by atoms with Gasteiger partial charge in [-0.2, -0.15) is 20.0 Å². The van der Waals surface area contributed by atoms with Gasteiger partial charge in [0.05, 0.1) is 17.3 Å². The lowest BCUT2D eigenvalue weighted by Crippen LogP contribution is -2.41. The van der Waals surface area contributed by atoms with Crippen molar-refractivity contribution >= 4 is 11.6 Å². The van der Waals surface area contributed by atoms with Crippen molar-refractivity contribution in [1.29, 1.82) is 5.26 Å². The lowest BCUT2D eigenvalue weighted by molar-refractivity contribution is -0.116. The molecule has 1 amide bonds. The van der Waals surface area contributed by atoms with E-state index in [2.05, 4.69) is 20.6 Å². The number of hydrogen-bond donors (Lipinski definition) is 1. The van der Waals surface area contributed by atoms with E-state index in [4.69, 9.17) is 9.78 Å². The summed E-state index contributed by atoms with van der Waals surface area (Å²) in [5.41, 5.74) is 1.08. The molecule has 2 aromatic heterocycles. The molecular formula is C24H21N7O4. The van der Waals surface area contributed by atoms with E-state index in [-0.39, 0.29) is 42.7 Å². The number of carbonyl (C=O) groups is 1. The molecule has 35 heavy (non-hydrogen) atoms. The van der Waals surface area contributed by atoms with Crippen LogP contribution in [0.4, 0.5) is 5.69 Å². The fourth-order valence-electron chi connectivity index (χ4n) is 3.35. The number of nitriles is 1. The van der Waals surface area contributed by atoms with Crippen LogP contribution in [0.3, 0.4) is 0 Å². The molecule has 0 aliphatic carbocycles. The maximum absolute atomic E-state index is 12.9. The number of anilines is 1. The Morgan fingerprint density at radius 1 is 1.17 bits per heavy atom. The summed E-state index contributed by atoms with van der Waals surface area (Å²) in [7, 11) is 0. The maximum atomic E-state index is 12.9. The van der Waals surface area contributed by atoms with Gasteiger partial charge in [-0.3, -0.25) is 14.2 Å². The van der Waals surface area contributed by atoms with Gasteiger partial charge in [0.1, 0.15) is 0 Å². The minimum absolute atomic E-state index is 0.0356. The van der Waals surface area contributed by atoms with Crippen LogP contribution in [0.25, 0.3) is 17.2 Å². The molecule has 0 aliphatic rings. The molecule has 2 aromatic carbocycles. The minimum atomic E-state index is -0.636. The van der Waals surface area contributed by atoms with Crippen molar-refractivity contribution in [3.8, 4) is 23.3 Å². The molecule has 0 saturated carbocycles. The number of rotatable bonds is 7. The van der Waals surface area contributed by atoms with Crippen LogP contribution in [0.1, 0.15) is 30.4 Å². The molecule has 11 heteroatoms. The highest BCUT2D eigenvalue weighted by Gasteiger charge is 2.20. The van der Waals surface area contributed by atoms with Crippen molar-refractivity contribution < 1.29 is 9.32 Å². The Kier molecular flexibility index (Phi) is 6.64. The monoisotopic (exact) mass is 471 g/mol. The Balaban J connectivity index is 1.56. The first-order valence-corrected chi connectivity index (χ1v) is 10.8. The molecule has 0 radical (unpaired) electrons. The van der Waals surface area contributed by atoms with Crippen LogP contribution in [0.5, 0.6) is 0 Å². The lowest BCUT2D eigenvalue weighted by atomic mass is 10.2. The van der Waals surface area contributed by atoms with Crippen LogP contribution < -0.4 is 16.6 Å². The van der Waals surface area contributed by atoms with E-state index < -0.39 is 11.2 Å². The fraction of sp³-hybridized carbons (Fsp3) is 0.208. The zero-order valence-corrected chi connectivity index (χ0v) is 19.1. The minimum Gasteiger partial charge on any atom is -0.339 e.